The monoisotopic (exact) mass is 420 g/mol. The van der Waals surface area contributed by atoms with Gasteiger partial charge in [-0.15, -0.1) is 0 Å². The smallest absolute Gasteiger partial charge is 0.201 e. The number of ether oxygens (including phenoxy) is 1. The van der Waals surface area contributed by atoms with Crippen molar-refractivity contribution < 1.29 is 22.3 Å². The van der Waals surface area contributed by atoms with Gasteiger partial charge in [0.2, 0.25) is 5.82 Å². The molecule has 0 N–H and O–H groups in total. The van der Waals surface area contributed by atoms with Crippen molar-refractivity contribution in [3.05, 3.63) is 65.9 Å². The highest BCUT2D eigenvalue weighted by Gasteiger charge is 2.27. The zero-order valence-electron chi connectivity index (χ0n) is 17.3. The van der Waals surface area contributed by atoms with E-state index < -0.39 is 23.3 Å². The molecule has 0 unspecified atom stereocenters. The summed E-state index contributed by atoms with van der Waals surface area (Å²) in [5, 5.41) is 0. The Hall–Kier alpha value is -2.30. The van der Waals surface area contributed by atoms with Crippen molar-refractivity contribution in [1.29, 1.82) is 0 Å². The van der Waals surface area contributed by atoms with Crippen LogP contribution in [0.1, 0.15) is 69.8 Å². The zero-order valence-corrected chi connectivity index (χ0v) is 17.3. The van der Waals surface area contributed by atoms with Crippen molar-refractivity contribution in [2.24, 2.45) is 5.92 Å². The fourth-order valence-corrected chi connectivity index (χ4v) is 4.45. The summed E-state index contributed by atoms with van der Waals surface area (Å²) in [5.74, 6) is -4.40. The second-order valence-corrected chi connectivity index (χ2v) is 8.07. The molecule has 0 saturated heterocycles. The summed E-state index contributed by atoms with van der Waals surface area (Å²) in [6.45, 7) is 5.47. The Morgan fingerprint density at radius 3 is 2.13 bits per heavy atom. The molecule has 1 saturated carbocycles. The minimum absolute atomic E-state index is 0.0408. The van der Waals surface area contributed by atoms with E-state index in [-0.39, 0.29) is 22.8 Å². The number of unbranched alkanes of at least 4 members (excludes halogenated alkanes) is 2. The molecule has 0 radical (unpaired) electrons. The number of hydrogen-bond donors (Lipinski definition) is 0. The van der Waals surface area contributed by atoms with Gasteiger partial charge in [-0.2, -0.15) is 4.39 Å². The second kappa shape index (κ2) is 10.1. The first-order valence-electron chi connectivity index (χ1n) is 10.7. The lowest BCUT2D eigenvalue weighted by atomic mass is 9.76. The molecule has 0 bridgehead atoms. The molecule has 0 aromatic heterocycles. The van der Waals surface area contributed by atoms with Crippen LogP contribution in [0, 0.1) is 29.2 Å². The van der Waals surface area contributed by atoms with Crippen molar-refractivity contribution >= 4 is 0 Å². The Labute approximate surface area is 175 Å². The first-order valence-corrected chi connectivity index (χ1v) is 10.7. The highest BCUT2D eigenvalue weighted by molar-refractivity contribution is 5.66. The van der Waals surface area contributed by atoms with Crippen LogP contribution in [0.4, 0.5) is 17.6 Å². The third-order valence-electron chi connectivity index (χ3n) is 6.16. The van der Waals surface area contributed by atoms with Crippen LogP contribution in [-0.4, -0.2) is 0 Å². The fourth-order valence-electron chi connectivity index (χ4n) is 4.45. The molecule has 1 fully saturated rings. The van der Waals surface area contributed by atoms with E-state index in [4.69, 9.17) is 4.74 Å². The van der Waals surface area contributed by atoms with E-state index >= 15 is 0 Å². The van der Waals surface area contributed by atoms with E-state index in [9.17, 15) is 17.6 Å². The minimum atomic E-state index is -1.28. The van der Waals surface area contributed by atoms with Gasteiger partial charge in [-0.1, -0.05) is 51.3 Å². The molecule has 1 nitrogen and oxygen atoms in total. The molecule has 0 amide bonds. The molecule has 5 heteroatoms. The quantitative estimate of drug-likeness (QED) is 0.237. The summed E-state index contributed by atoms with van der Waals surface area (Å²) in [5.41, 5.74) is -0.312. The molecule has 30 heavy (non-hydrogen) atoms. The van der Waals surface area contributed by atoms with Crippen LogP contribution in [0.5, 0.6) is 5.75 Å². The van der Waals surface area contributed by atoms with Gasteiger partial charge in [0.15, 0.2) is 23.2 Å². The number of hydrogen-bond acceptors (Lipinski definition) is 1. The number of benzene rings is 2. The maximum atomic E-state index is 14.9. The molecule has 1 aliphatic carbocycles. The van der Waals surface area contributed by atoms with Crippen LogP contribution in [0.25, 0.3) is 11.1 Å². The van der Waals surface area contributed by atoms with Crippen LogP contribution in [0.3, 0.4) is 0 Å². The first kappa shape index (κ1) is 22.4. The fraction of sp³-hybridized carbons (Fsp3) is 0.440. The van der Waals surface area contributed by atoms with Crippen molar-refractivity contribution in [3.8, 4) is 16.9 Å². The molecule has 162 valence electrons. The third-order valence-corrected chi connectivity index (χ3v) is 6.16. The summed E-state index contributed by atoms with van der Waals surface area (Å²) in [6, 6.07) is 5.20. The molecule has 0 aliphatic heterocycles. The molecule has 0 spiro atoms. The van der Waals surface area contributed by atoms with Crippen LogP contribution < -0.4 is 4.74 Å². The van der Waals surface area contributed by atoms with Crippen LogP contribution in [0.2, 0.25) is 0 Å². The lowest BCUT2D eigenvalue weighted by Crippen LogP contribution is -2.15. The van der Waals surface area contributed by atoms with Gasteiger partial charge >= 0.3 is 0 Å². The first-order chi connectivity index (χ1) is 14.5. The van der Waals surface area contributed by atoms with Gasteiger partial charge < -0.3 is 4.74 Å². The maximum absolute atomic E-state index is 14.9. The predicted molar refractivity (Wildman–Crippen MR) is 111 cm³/mol. The normalized spacial score (nSPS) is 19.0. The van der Waals surface area contributed by atoms with E-state index in [0.717, 1.165) is 31.9 Å². The molecule has 1 aliphatic rings. The number of halogens is 4. The summed E-state index contributed by atoms with van der Waals surface area (Å²) >= 11 is 0. The SMILES string of the molecule is C=COc1ccc(-c2ccc(C3CCC(CCCCC)CC3)c(F)c2F)c(F)c1F. The molecule has 0 heterocycles. The third kappa shape index (κ3) is 4.71. The Morgan fingerprint density at radius 2 is 1.50 bits per heavy atom. The van der Waals surface area contributed by atoms with E-state index in [0.29, 0.717) is 11.5 Å². The average molecular weight is 420 g/mol. The molecule has 2 aromatic carbocycles. The van der Waals surface area contributed by atoms with E-state index in [2.05, 4.69) is 13.5 Å². The van der Waals surface area contributed by atoms with Gasteiger partial charge in [0.25, 0.3) is 0 Å². The van der Waals surface area contributed by atoms with Crippen molar-refractivity contribution in [3.63, 3.8) is 0 Å². The Kier molecular flexibility index (Phi) is 7.57. The van der Waals surface area contributed by atoms with Gasteiger partial charge in [0.05, 0.1) is 6.26 Å². The van der Waals surface area contributed by atoms with Crippen LogP contribution in [0.15, 0.2) is 37.1 Å². The molecule has 2 aromatic rings. The summed E-state index contributed by atoms with van der Waals surface area (Å²) in [7, 11) is 0. The lowest BCUT2D eigenvalue weighted by Gasteiger charge is -2.29. The van der Waals surface area contributed by atoms with Gasteiger partial charge in [-0.05, 0) is 55.2 Å². The highest BCUT2D eigenvalue weighted by atomic mass is 19.2. The lowest BCUT2D eigenvalue weighted by molar-refractivity contribution is 0.298. The van der Waals surface area contributed by atoms with Crippen molar-refractivity contribution in [1.82, 2.24) is 0 Å². The van der Waals surface area contributed by atoms with E-state index in [1.54, 1.807) is 0 Å². The van der Waals surface area contributed by atoms with Crippen molar-refractivity contribution in [2.45, 2.75) is 64.2 Å². The van der Waals surface area contributed by atoms with E-state index in [1.165, 1.54) is 49.9 Å². The Morgan fingerprint density at radius 1 is 0.867 bits per heavy atom. The average Bonchev–Trinajstić information content (AvgIpc) is 2.75. The van der Waals surface area contributed by atoms with Crippen LogP contribution in [-0.2, 0) is 0 Å². The van der Waals surface area contributed by atoms with Gasteiger partial charge in [-0.25, -0.2) is 13.2 Å². The van der Waals surface area contributed by atoms with Crippen LogP contribution >= 0.6 is 0 Å². The summed E-state index contributed by atoms with van der Waals surface area (Å²) in [4.78, 5) is 0. The van der Waals surface area contributed by atoms with Gasteiger partial charge in [0, 0.05) is 11.1 Å². The molecule has 0 atom stereocenters. The largest absolute Gasteiger partial charge is 0.462 e. The van der Waals surface area contributed by atoms with E-state index in [1.807, 2.05) is 0 Å². The molecular weight excluding hydrogens is 392 g/mol. The maximum Gasteiger partial charge on any atom is 0.201 e. The topological polar surface area (TPSA) is 9.23 Å². The van der Waals surface area contributed by atoms with Gasteiger partial charge in [-0.3, -0.25) is 0 Å². The summed E-state index contributed by atoms with van der Waals surface area (Å²) in [6.07, 6.45) is 9.50. The minimum Gasteiger partial charge on any atom is -0.462 e. The molecular formula is C25H28F4O. The predicted octanol–water partition coefficient (Wildman–Crippen LogP) is 8.29. The van der Waals surface area contributed by atoms with Gasteiger partial charge in [0.1, 0.15) is 0 Å². The molecule has 3 rings (SSSR count). The Bertz CT molecular complexity index is 885. The standard InChI is InChI=1S/C25H28F4O/c1-3-5-6-7-16-8-10-17(11-9-16)18-12-13-19(23(27)22(18)26)20-14-15-21(30-4-2)25(29)24(20)28/h4,12-17H,2-3,5-11H2,1H3. The summed E-state index contributed by atoms with van der Waals surface area (Å²) < 4.78 is 63.0. The zero-order chi connectivity index (χ0) is 21.7. The van der Waals surface area contributed by atoms with Crippen molar-refractivity contribution in [2.75, 3.05) is 0 Å². The highest BCUT2D eigenvalue weighted by Crippen LogP contribution is 2.41. The Balaban J connectivity index is 1.79. The number of rotatable bonds is 8. The second-order valence-electron chi connectivity index (χ2n) is 8.07.